The molecule has 0 bridgehead atoms. The fourth-order valence-electron chi connectivity index (χ4n) is 1.98. The number of nitro groups is 2. The van der Waals surface area contributed by atoms with Crippen molar-refractivity contribution in [3.05, 3.63) is 56.6 Å². The van der Waals surface area contributed by atoms with Crippen LogP contribution in [0.3, 0.4) is 0 Å². The normalized spacial score (nSPS) is 10.9. The second-order valence-electron chi connectivity index (χ2n) is 3.98. The first-order valence-corrected chi connectivity index (χ1v) is 5.31. The first-order chi connectivity index (χ1) is 9.06. The van der Waals surface area contributed by atoms with Crippen molar-refractivity contribution in [2.45, 2.75) is 0 Å². The molecule has 0 aliphatic heterocycles. The van der Waals surface area contributed by atoms with Crippen LogP contribution >= 0.6 is 0 Å². The maximum atomic E-state index is 10.7. The SMILES string of the molecule is O=[N+]([O-])c1ccc2c(c1)oc1ccc([N+](=O)[O-])cc12. The molecule has 0 fully saturated rings. The molecule has 0 saturated carbocycles. The van der Waals surface area contributed by atoms with E-state index in [0.29, 0.717) is 21.9 Å². The third kappa shape index (κ3) is 1.68. The van der Waals surface area contributed by atoms with Crippen molar-refractivity contribution in [3.63, 3.8) is 0 Å². The summed E-state index contributed by atoms with van der Waals surface area (Å²) in [5, 5.41) is 22.6. The summed E-state index contributed by atoms with van der Waals surface area (Å²) in [4.78, 5) is 20.4. The fourth-order valence-corrected chi connectivity index (χ4v) is 1.98. The summed E-state index contributed by atoms with van der Waals surface area (Å²) in [6.07, 6.45) is 0. The van der Waals surface area contributed by atoms with E-state index >= 15 is 0 Å². The summed E-state index contributed by atoms with van der Waals surface area (Å²) < 4.78 is 5.45. The van der Waals surface area contributed by atoms with Gasteiger partial charge < -0.3 is 4.42 Å². The lowest BCUT2D eigenvalue weighted by molar-refractivity contribution is -0.384. The van der Waals surface area contributed by atoms with Crippen LogP contribution in [-0.4, -0.2) is 9.85 Å². The number of benzene rings is 2. The van der Waals surface area contributed by atoms with Gasteiger partial charge in [0.15, 0.2) is 0 Å². The maximum absolute atomic E-state index is 10.7. The molecule has 1 aromatic heterocycles. The van der Waals surface area contributed by atoms with E-state index < -0.39 is 9.85 Å². The molecule has 1 heterocycles. The number of fused-ring (bicyclic) bond motifs is 3. The van der Waals surface area contributed by atoms with Gasteiger partial charge in [0.1, 0.15) is 11.2 Å². The molecule has 7 nitrogen and oxygen atoms in total. The van der Waals surface area contributed by atoms with Gasteiger partial charge in [-0.15, -0.1) is 0 Å². The van der Waals surface area contributed by atoms with Crippen molar-refractivity contribution in [1.82, 2.24) is 0 Å². The highest BCUT2D eigenvalue weighted by Gasteiger charge is 2.15. The van der Waals surface area contributed by atoms with Gasteiger partial charge >= 0.3 is 0 Å². The summed E-state index contributed by atoms with van der Waals surface area (Å²) in [6, 6.07) is 8.39. The zero-order valence-corrected chi connectivity index (χ0v) is 9.40. The van der Waals surface area contributed by atoms with Crippen LogP contribution in [0.5, 0.6) is 0 Å². The van der Waals surface area contributed by atoms with Crippen LogP contribution in [0, 0.1) is 20.2 Å². The molecule has 7 heteroatoms. The van der Waals surface area contributed by atoms with Crippen LogP contribution < -0.4 is 0 Å². The van der Waals surface area contributed by atoms with Crippen LogP contribution in [-0.2, 0) is 0 Å². The Kier molecular flexibility index (Phi) is 2.21. The summed E-state index contributed by atoms with van der Waals surface area (Å²) in [7, 11) is 0. The van der Waals surface area contributed by atoms with Crippen LogP contribution in [0.4, 0.5) is 11.4 Å². The van der Waals surface area contributed by atoms with Crippen LogP contribution in [0.1, 0.15) is 0 Å². The Morgan fingerprint density at radius 2 is 1.42 bits per heavy atom. The van der Waals surface area contributed by atoms with Gasteiger partial charge in [0.05, 0.1) is 15.9 Å². The van der Waals surface area contributed by atoms with E-state index in [1.165, 1.54) is 36.4 Å². The first-order valence-electron chi connectivity index (χ1n) is 5.31. The van der Waals surface area contributed by atoms with E-state index in [9.17, 15) is 20.2 Å². The highest BCUT2D eigenvalue weighted by molar-refractivity contribution is 6.06. The summed E-state index contributed by atoms with van der Waals surface area (Å²) >= 11 is 0. The fraction of sp³-hybridized carbons (Fsp3) is 0. The number of nitro benzene ring substituents is 2. The number of furan rings is 1. The molecule has 0 radical (unpaired) electrons. The van der Waals surface area contributed by atoms with E-state index in [1.807, 2.05) is 0 Å². The standard InChI is InChI=1S/C12H6N2O5/c15-13(16)7-2-4-11-10(5-7)9-3-1-8(14(17)18)6-12(9)19-11/h1-6H. The molecular weight excluding hydrogens is 252 g/mol. The van der Waals surface area contributed by atoms with Crippen LogP contribution in [0.25, 0.3) is 21.9 Å². The lowest BCUT2D eigenvalue weighted by atomic mass is 10.1. The van der Waals surface area contributed by atoms with Gasteiger partial charge in [-0.25, -0.2) is 0 Å². The molecule has 2 aromatic carbocycles. The molecule has 0 aliphatic carbocycles. The largest absolute Gasteiger partial charge is 0.456 e. The number of non-ortho nitro benzene ring substituents is 2. The van der Waals surface area contributed by atoms with Crippen LogP contribution in [0.15, 0.2) is 40.8 Å². The highest BCUT2D eigenvalue weighted by Crippen LogP contribution is 2.33. The van der Waals surface area contributed by atoms with Gasteiger partial charge in [0, 0.05) is 29.0 Å². The third-order valence-corrected chi connectivity index (χ3v) is 2.86. The van der Waals surface area contributed by atoms with E-state index in [2.05, 4.69) is 0 Å². The predicted molar refractivity (Wildman–Crippen MR) is 67.0 cm³/mol. The molecule has 3 rings (SSSR count). The highest BCUT2D eigenvalue weighted by atomic mass is 16.6. The molecule has 94 valence electrons. The molecule has 0 spiro atoms. The summed E-state index contributed by atoms with van der Waals surface area (Å²) in [5.41, 5.74) is 0.667. The maximum Gasteiger partial charge on any atom is 0.273 e. The monoisotopic (exact) mass is 258 g/mol. The molecule has 19 heavy (non-hydrogen) atoms. The molecule has 3 aromatic rings. The smallest absolute Gasteiger partial charge is 0.273 e. The third-order valence-electron chi connectivity index (χ3n) is 2.86. The number of rotatable bonds is 2. The van der Waals surface area contributed by atoms with Gasteiger partial charge in [-0.1, -0.05) is 0 Å². The van der Waals surface area contributed by atoms with Crippen molar-refractivity contribution in [3.8, 4) is 0 Å². The quantitative estimate of drug-likeness (QED) is 0.518. The lowest BCUT2D eigenvalue weighted by Crippen LogP contribution is -1.86. The Morgan fingerprint density at radius 3 is 2.11 bits per heavy atom. The van der Waals surface area contributed by atoms with Crippen molar-refractivity contribution in [2.75, 3.05) is 0 Å². The number of hydrogen-bond acceptors (Lipinski definition) is 5. The average Bonchev–Trinajstić information content (AvgIpc) is 2.74. The molecule has 0 unspecified atom stereocenters. The minimum atomic E-state index is -0.519. The van der Waals surface area contributed by atoms with Gasteiger partial charge in [-0.05, 0) is 12.1 Å². The lowest BCUT2D eigenvalue weighted by Gasteiger charge is -1.91. The van der Waals surface area contributed by atoms with Crippen molar-refractivity contribution in [2.24, 2.45) is 0 Å². The van der Waals surface area contributed by atoms with E-state index in [4.69, 9.17) is 4.42 Å². The van der Waals surface area contributed by atoms with Crippen molar-refractivity contribution < 1.29 is 14.3 Å². The molecule has 0 aliphatic rings. The Hall–Kier alpha value is -2.96. The predicted octanol–water partition coefficient (Wildman–Crippen LogP) is 3.40. The zero-order chi connectivity index (χ0) is 13.6. The Balaban J connectivity index is 2.33. The second-order valence-corrected chi connectivity index (χ2v) is 3.98. The zero-order valence-electron chi connectivity index (χ0n) is 9.40. The van der Waals surface area contributed by atoms with Crippen LogP contribution in [0.2, 0.25) is 0 Å². The summed E-state index contributed by atoms with van der Waals surface area (Å²) in [6.45, 7) is 0. The van der Waals surface area contributed by atoms with E-state index in [0.717, 1.165) is 0 Å². The molecule has 0 atom stereocenters. The first kappa shape index (κ1) is 11.1. The van der Waals surface area contributed by atoms with Crippen molar-refractivity contribution in [1.29, 1.82) is 0 Å². The average molecular weight is 258 g/mol. The Labute approximate surface area is 105 Å². The Bertz CT molecular complexity index is 837. The minimum Gasteiger partial charge on any atom is -0.456 e. The number of hydrogen-bond donors (Lipinski definition) is 0. The number of nitrogens with zero attached hydrogens (tertiary/aromatic N) is 2. The van der Waals surface area contributed by atoms with Gasteiger partial charge in [0.2, 0.25) is 0 Å². The van der Waals surface area contributed by atoms with Gasteiger partial charge in [-0.2, -0.15) is 0 Å². The topological polar surface area (TPSA) is 99.4 Å². The molecular formula is C12H6N2O5. The molecule has 0 saturated heterocycles. The minimum absolute atomic E-state index is 0.0476. The van der Waals surface area contributed by atoms with E-state index in [-0.39, 0.29) is 11.4 Å². The summed E-state index contributed by atoms with van der Waals surface area (Å²) in [5.74, 6) is 0. The molecule has 0 amide bonds. The van der Waals surface area contributed by atoms with Crippen molar-refractivity contribution >= 4 is 33.3 Å². The molecule has 0 N–H and O–H groups in total. The van der Waals surface area contributed by atoms with Gasteiger partial charge in [0.25, 0.3) is 11.4 Å². The Morgan fingerprint density at radius 1 is 0.789 bits per heavy atom. The van der Waals surface area contributed by atoms with Gasteiger partial charge in [-0.3, -0.25) is 20.2 Å². The van der Waals surface area contributed by atoms with E-state index in [1.54, 1.807) is 0 Å². The second kappa shape index (κ2) is 3.77.